The zero-order valence-corrected chi connectivity index (χ0v) is 21.0. The van der Waals surface area contributed by atoms with Crippen LogP contribution >= 0.6 is 0 Å². The number of non-ortho nitro benzene ring substituents is 1. The van der Waals surface area contributed by atoms with Gasteiger partial charge < -0.3 is 10.6 Å². The van der Waals surface area contributed by atoms with E-state index in [4.69, 9.17) is 0 Å². The van der Waals surface area contributed by atoms with Gasteiger partial charge in [-0.25, -0.2) is 0 Å². The van der Waals surface area contributed by atoms with E-state index < -0.39 is 11.0 Å². The predicted octanol–water partition coefficient (Wildman–Crippen LogP) is 6.81. The molecule has 7 nitrogen and oxygen atoms in total. The second-order valence-electron chi connectivity index (χ2n) is 9.84. The predicted molar refractivity (Wildman–Crippen MR) is 150 cm³/mol. The van der Waals surface area contributed by atoms with Crippen molar-refractivity contribution in [3.8, 4) is 0 Å². The number of nitro benzene ring substituents is 1. The largest absolute Gasteiger partial charge is 0.372 e. The van der Waals surface area contributed by atoms with Crippen molar-refractivity contribution in [1.29, 1.82) is 0 Å². The first-order chi connectivity index (χ1) is 19.0. The molecule has 1 aliphatic carbocycles. The molecule has 1 aliphatic heterocycles. The third kappa shape index (κ3) is 4.70. The highest BCUT2D eigenvalue weighted by molar-refractivity contribution is 6.10. The second-order valence-corrected chi connectivity index (χ2v) is 9.84. The van der Waals surface area contributed by atoms with Crippen molar-refractivity contribution >= 4 is 28.6 Å². The van der Waals surface area contributed by atoms with Gasteiger partial charge in [0.2, 0.25) is 0 Å². The van der Waals surface area contributed by atoms with Crippen LogP contribution in [0, 0.1) is 10.1 Å². The molecule has 2 aliphatic rings. The summed E-state index contributed by atoms with van der Waals surface area (Å²) in [5.74, 6) is -0.128. The number of Topliss-reactive ketones (excluding diaryl/α,β-unsaturated/α-hetero) is 1. The minimum Gasteiger partial charge on any atom is -0.372 e. The number of allylic oxidation sites excluding steroid dienone is 1. The molecule has 7 heteroatoms. The normalized spacial score (nSPS) is 18.2. The van der Waals surface area contributed by atoms with Gasteiger partial charge in [-0.2, -0.15) is 0 Å². The number of nitrogens with one attached hydrogen (secondary N) is 2. The Balaban J connectivity index is 1.45. The van der Waals surface area contributed by atoms with E-state index in [0.29, 0.717) is 46.5 Å². The molecule has 0 saturated carbocycles. The van der Waals surface area contributed by atoms with Crippen LogP contribution < -0.4 is 10.6 Å². The number of nitro groups is 1. The van der Waals surface area contributed by atoms with Crippen molar-refractivity contribution in [3.05, 3.63) is 147 Å². The molecule has 0 bridgehead atoms. The fourth-order valence-corrected chi connectivity index (χ4v) is 5.47. The number of rotatable bonds is 5. The van der Waals surface area contributed by atoms with Crippen molar-refractivity contribution < 1.29 is 14.5 Å². The van der Waals surface area contributed by atoms with Crippen molar-refractivity contribution in [2.24, 2.45) is 0 Å². The summed E-state index contributed by atoms with van der Waals surface area (Å²) in [7, 11) is 0. The summed E-state index contributed by atoms with van der Waals surface area (Å²) in [5, 5.41) is 18.5. The second kappa shape index (κ2) is 10.0. The molecule has 0 spiro atoms. The number of anilines is 2. The number of nitrogens with zero attached hydrogens (tertiary/aromatic N) is 1. The maximum atomic E-state index is 13.8. The molecule has 4 aromatic carbocycles. The summed E-state index contributed by atoms with van der Waals surface area (Å²) >= 11 is 0. The number of carbonyl (C=O) groups is 2. The Morgan fingerprint density at radius 3 is 2.23 bits per heavy atom. The molecule has 2 N–H and O–H groups in total. The lowest BCUT2D eigenvalue weighted by Crippen LogP contribution is -2.26. The van der Waals surface area contributed by atoms with Crippen molar-refractivity contribution in [1.82, 2.24) is 0 Å². The maximum absolute atomic E-state index is 13.8. The smallest absolute Gasteiger partial charge is 0.269 e. The quantitative estimate of drug-likeness (QED) is 0.172. The molecular weight excluding hydrogens is 490 g/mol. The Bertz CT molecular complexity index is 1630. The molecule has 192 valence electrons. The van der Waals surface area contributed by atoms with Crippen LogP contribution in [0.3, 0.4) is 0 Å². The minimum absolute atomic E-state index is 0.00797. The van der Waals surface area contributed by atoms with E-state index in [1.807, 2.05) is 54.6 Å². The third-order valence-corrected chi connectivity index (χ3v) is 7.38. The molecule has 1 heterocycles. The van der Waals surface area contributed by atoms with Crippen LogP contribution in [-0.4, -0.2) is 16.5 Å². The number of ketones is 2. The number of benzene rings is 4. The molecule has 0 aromatic heterocycles. The minimum atomic E-state index is -0.589. The van der Waals surface area contributed by atoms with Crippen molar-refractivity contribution in [3.63, 3.8) is 0 Å². The van der Waals surface area contributed by atoms with Crippen LogP contribution in [0.25, 0.3) is 0 Å². The molecule has 0 saturated heterocycles. The molecule has 0 radical (unpaired) electrons. The van der Waals surface area contributed by atoms with Gasteiger partial charge in [-0.15, -0.1) is 0 Å². The Labute approximate surface area is 225 Å². The highest BCUT2D eigenvalue weighted by Crippen LogP contribution is 2.44. The van der Waals surface area contributed by atoms with Gasteiger partial charge in [0, 0.05) is 41.0 Å². The van der Waals surface area contributed by atoms with Gasteiger partial charge in [-0.05, 0) is 41.7 Å². The Kier molecular flexibility index (Phi) is 6.25. The van der Waals surface area contributed by atoms with Crippen LogP contribution in [0.15, 0.2) is 114 Å². The van der Waals surface area contributed by atoms with Crippen LogP contribution in [0.1, 0.15) is 51.8 Å². The number of fused-ring (bicyclic) bond motifs is 1. The SMILES string of the molecule is O=C1C[C@@H](c2ccccc2)CC2=C1[C@@H](c1cccc([N+](=O)[O-])c1)Nc1ccc(C(=O)c3ccccc3)cc1N2. The maximum Gasteiger partial charge on any atom is 0.269 e. The molecular formula is C32H25N3O4. The van der Waals surface area contributed by atoms with E-state index in [1.165, 1.54) is 12.1 Å². The molecule has 0 fully saturated rings. The Hall–Kier alpha value is -5.04. The fourth-order valence-electron chi connectivity index (χ4n) is 5.47. The van der Waals surface area contributed by atoms with Gasteiger partial charge in [0.25, 0.3) is 5.69 Å². The van der Waals surface area contributed by atoms with E-state index in [1.54, 1.807) is 36.4 Å². The summed E-state index contributed by atoms with van der Waals surface area (Å²) < 4.78 is 0. The van der Waals surface area contributed by atoms with Crippen LogP contribution in [0.4, 0.5) is 17.1 Å². The van der Waals surface area contributed by atoms with E-state index in [2.05, 4.69) is 10.6 Å². The van der Waals surface area contributed by atoms with Gasteiger partial charge in [0.15, 0.2) is 11.6 Å². The van der Waals surface area contributed by atoms with Crippen LogP contribution in [0.5, 0.6) is 0 Å². The molecule has 2 atom stereocenters. The summed E-state index contributed by atoms with van der Waals surface area (Å²) in [6.45, 7) is 0. The van der Waals surface area contributed by atoms with Gasteiger partial charge in [0.05, 0.1) is 22.3 Å². The summed E-state index contributed by atoms with van der Waals surface area (Å²) in [5.41, 5.74) is 5.48. The lowest BCUT2D eigenvalue weighted by atomic mass is 9.78. The summed E-state index contributed by atoms with van der Waals surface area (Å²) in [6, 6.07) is 30.2. The number of carbonyl (C=O) groups excluding carboxylic acids is 2. The molecule has 4 aromatic rings. The zero-order chi connectivity index (χ0) is 26.9. The van der Waals surface area contributed by atoms with E-state index >= 15 is 0 Å². The third-order valence-electron chi connectivity index (χ3n) is 7.38. The zero-order valence-electron chi connectivity index (χ0n) is 21.0. The van der Waals surface area contributed by atoms with Gasteiger partial charge >= 0.3 is 0 Å². The standard InChI is InChI=1S/C32H25N3O4/c36-29-19-24(20-8-3-1-4-9-20)18-28-30(29)31(22-12-7-13-25(16-22)35(38)39)34-26-15-14-23(17-27(26)33-28)32(37)21-10-5-2-6-11-21/h1-17,24,31,33-34H,18-19H2/t24-,31+/m0/s1. The first-order valence-electron chi connectivity index (χ1n) is 12.8. The average molecular weight is 516 g/mol. The topological polar surface area (TPSA) is 101 Å². The van der Waals surface area contributed by atoms with Gasteiger partial charge in [0.1, 0.15) is 0 Å². The lowest BCUT2D eigenvalue weighted by Gasteiger charge is -2.29. The molecule has 0 unspecified atom stereocenters. The van der Waals surface area contributed by atoms with E-state index in [0.717, 1.165) is 11.3 Å². The first-order valence-corrected chi connectivity index (χ1v) is 12.8. The monoisotopic (exact) mass is 515 g/mol. The molecule has 0 amide bonds. The highest BCUT2D eigenvalue weighted by atomic mass is 16.6. The van der Waals surface area contributed by atoms with E-state index in [-0.39, 0.29) is 23.2 Å². The van der Waals surface area contributed by atoms with Crippen LogP contribution in [-0.2, 0) is 4.79 Å². The fraction of sp³-hybridized carbons (Fsp3) is 0.125. The van der Waals surface area contributed by atoms with Gasteiger partial charge in [-0.1, -0.05) is 72.8 Å². The number of hydrogen-bond acceptors (Lipinski definition) is 6. The highest BCUT2D eigenvalue weighted by Gasteiger charge is 2.36. The average Bonchev–Trinajstić information content (AvgIpc) is 3.14. The summed E-state index contributed by atoms with van der Waals surface area (Å²) in [6.07, 6.45) is 0.931. The van der Waals surface area contributed by atoms with Gasteiger partial charge in [-0.3, -0.25) is 19.7 Å². The molecule has 39 heavy (non-hydrogen) atoms. The lowest BCUT2D eigenvalue weighted by molar-refractivity contribution is -0.384. The van der Waals surface area contributed by atoms with Crippen molar-refractivity contribution in [2.75, 3.05) is 10.6 Å². The summed E-state index contributed by atoms with van der Waals surface area (Å²) in [4.78, 5) is 38.0. The van der Waals surface area contributed by atoms with Crippen molar-refractivity contribution in [2.45, 2.75) is 24.8 Å². The van der Waals surface area contributed by atoms with E-state index in [9.17, 15) is 19.7 Å². The first kappa shape index (κ1) is 24.3. The Morgan fingerprint density at radius 1 is 0.769 bits per heavy atom. The molecule has 6 rings (SSSR count). The van der Waals surface area contributed by atoms with Crippen LogP contribution in [0.2, 0.25) is 0 Å². The Morgan fingerprint density at radius 2 is 1.49 bits per heavy atom. The number of hydrogen-bond donors (Lipinski definition) is 2.